The zero-order valence-electron chi connectivity index (χ0n) is 19.4. The highest BCUT2D eigenvalue weighted by molar-refractivity contribution is 7.89. The molecule has 180 valence electrons. The number of hydrogen-bond donors (Lipinski definition) is 1. The molecule has 3 heterocycles. The number of anilines is 1. The minimum Gasteiger partial charge on any atom is -0.378 e. The molecule has 1 aliphatic heterocycles. The lowest BCUT2D eigenvalue weighted by atomic mass is 10.1. The van der Waals surface area contributed by atoms with Crippen LogP contribution in [0.1, 0.15) is 21.7 Å². The van der Waals surface area contributed by atoms with Crippen molar-refractivity contribution in [1.82, 2.24) is 24.2 Å². The first kappa shape index (κ1) is 23.9. The summed E-state index contributed by atoms with van der Waals surface area (Å²) >= 11 is 0. The van der Waals surface area contributed by atoms with E-state index < -0.39 is 10.0 Å². The third-order valence-electron chi connectivity index (χ3n) is 5.68. The van der Waals surface area contributed by atoms with Crippen LogP contribution in [-0.4, -0.2) is 73.6 Å². The zero-order chi connectivity index (χ0) is 24.3. The summed E-state index contributed by atoms with van der Waals surface area (Å²) in [5.41, 5.74) is 1.85. The molecule has 10 nitrogen and oxygen atoms in total. The number of pyridine rings is 1. The van der Waals surface area contributed by atoms with Crippen molar-refractivity contribution in [2.75, 3.05) is 45.3 Å². The Hall–Kier alpha value is -3.28. The van der Waals surface area contributed by atoms with Gasteiger partial charge in [-0.2, -0.15) is 0 Å². The Balaban J connectivity index is 1.60. The third-order valence-corrected chi connectivity index (χ3v) is 7.49. The number of hydrogen-bond acceptors (Lipinski definition) is 7. The molecule has 3 aromatic rings. The highest BCUT2D eigenvalue weighted by Crippen LogP contribution is 2.26. The number of aromatic nitrogens is 3. The fourth-order valence-corrected chi connectivity index (χ4v) is 4.68. The molecule has 0 radical (unpaired) electrons. The molecule has 0 atom stereocenters. The Kier molecular flexibility index (Phi) is 6.96. The molecule has 0 aliphatic carbocycles. The van der Waals surface area contributed by atoms with Crippen LogP contribution in [0.4, 0.5) is 5.69 Å². The largest absolute Gasteiger partial charge is 0.378 e. The van der Waals surface area contributed by atoms with E-state index in [1.54, 1.807) is 24.5 Å². The van der Waals surface area contributed by atoms with Crippen LogP contribution in [-0.2, 0) is 21.3 Å². The van der Waals surface area contributed by atoms with Crippen molar-refractivity contribution < 1.29 is 17.9 Å². The molecule has 1 saturated heterocycles. The first-order valence-corrected chi connectivity index (χ1v) is 12.3. The Morgan fingerprint density at radius 1 is 1.12 bits per heavy atom. The minimum absolute atomic E-state index is 0.0708. The molecule has 0 spiro atoms. The van der Waals surface area contributed by atoms with Crippen LogP contribution in [0.15, 0.2) is 53.8 Å². The summed E-state index contributed by atoms with van der Waals surface area (Å²) < 4.78 is 33.8. The van der Waals surface area contributed by atoms with Crippen LogP contribution < -0.4 is 10.2 Å². The van der Waals surface area contributed by atoms with Crippen LogP contribution in [0.2, 0.25) is 0 Å². The van der Waals surface area contributed by atoms with E-state index in [1.807, 2.05) is 34.7 Å². The van der Waals surface area contributed by atoms with Gasteiger partial charge in [0.05, 0.1) is 23.7 Å². The van der Waals surface area contributed by atoms with Crippen LogP contribution >= 0.6 is 0 Å². The van der Waals surface area contributed by atoms with E-state index in [-0.39, 0.29) is 17.3 Å². The van der Waals surface area contributed by atoms with E-state index in [9.17, 15) is 13.2 Å². The number of amides is 1. The smallest absolute Gasteiger partial charge is 0.253 e. The van der Waals surface area contributed by atoms with E-state index in [1.165, 1.54) is 20.2 Å². The second-order valence-corrected chi connectivity index (χ2v) is 10.3. The number of nitrogens with zero attached hydrogens (tertiary/aromatic N) is 5. The van der Waals surface area contributed by atoms with Crippen molar-refractivity contribution in [2.24, 2.45) is 0 Å². The molecule has 2 aromatic heterocycles. The van der Waals surface area contributed by atoms with Crippen LogP contribution in [0.3, 0.4) is 0 Å². The van der Waals surface area contributed by atoms with Crippen molar-refractivity contribution in [3.63, 3.8) is 0 Å². The fourth-order valence-electron chi connectivity index (χ4n) is 3.75. The SMILES string of the molecule is Cc1nccn1-c1cc(CNC(=O)c2cc(S(=O)(=O)N(C)C)ccc2N2CCOCC2)ccn1. The lowest BCUT2D eigenvalue weighted by molar-refractivity contribution is 0.0949. The zero-order valence-corrected chi connectivity index (χ0v) is 20.2. The van der Waals surface area contributed by atoms with E-state index in [0.29, 0.717) is 43.4 Å². The molecular formula is C23H28N6O4S. The quantitative estimate of drug-likeness (QED) is 0.542. The maximum Gasteiger partial charge on any atom is 0.253 e. The summed E-state index contributed by atoms with van der Waals surface area (Å²) in [5, 5.41) is 2.93. The van der Waals surface area contributed by atoms with Crippen molar-refractivity contribution in [3.8, 4) is 5.82 Å². The average molecular weight is 485 g/mol. The maximum absolute atomic E-state index is 13.3. The molecule has 1 fully saturated rings. The lowest BCUT2D eigenvalue weighted by Crippen LogP contribution is -2.38. The van der Waals surface area contributed by atoms with Gasteiger partial charge in [0, 0.05) is 58.0 Å². The van der Waals surface area contributed by atoms with E-state index in [4.69, 9.17) is 4.74 Å². The number of imidazole rings is 1. The van der Waals surface area contributed by atoms with E-state index >= 15 is 0 Å². The van der Waals surface area contributed by atoms with Gasteiger partial charge in [-0.1, -0.05) is 0 Å². The molecule has 1 N–H and O–H groups in total. The van der Waals surface area contributed by atoms with E-state index in [0.717, 1.165) is 15.7 Å². The maximum atomic E-state index is 13.3. The molecule has 0 bridgehead atoms. The van der Waals surface area contributed by atoms with Crippen LogP contribution in [0.25, 0.3) is 5.82 Å². The molecule has 11 heteroatoms. The van der Waals surface area contributed by atoms with E-state index in [2.05, 4.69) is 15.3 Å². The predicted molar refractivity (Wildman–Crippen MR) is 128 cm³/mol. The number of carbonyl (C=O) groups excluding carboxylic acids is 1. The summed E-state index contributed by atoms with van der Waals surface area (Å²) in [5.74, 6) is 1.16. The van der Waals surface area contributed by atoms with Crippen molar-refractivity contribution in [2.45, 2.75) is 18.4 Å². The Morgan fingerprint density at radius 3 is 2.56 bits per heavy atom. The summed E-state index contributed by atoms with van der Waals surface area (Å²) in [4.78, 5) is 24.0. The van der Waals surface area contributed by atoms with Gasteiger partial charge in [-0.3, -0.25) is 9.36 Å². The van der Waals surface area contributed by atoms with Crippen molar-refractivity contribution in [3.05, 3.63) is 65.9 Å². The molecular weight excluding hydrogens is 456 g/mol. The highest BCUT2D eigenvalue weighted by atomic mass is 32.2. The van der Waals surface area contributed by atoms with Gasteiger partial charge >= 0.3 is 0 Å². The third kappa shape index (κ3) is 4.96. The number of nitrogens with one attached hydrogen (secondary N) is 1. The van der Waals surface area contributed by atoms with Gasteiger partial charge < -0.3 is 15.0 Å². The number of benzene rings is 1. The Labute approximate surface area is 199 Å². The number of ether oxygens (including phenoxy) is 1. The Bertz CT molecular complexity index is 1280. The molecule has 34 heavy (non-hydrogen) atoms. The Morgan fingerprint density at radius 2 is 1.88 bits per heavy atom. The van der Waals surface area contributed by atoms with Gasteiger partial charge in [0.15, 0.2) is 0 Å². The van der Waals surface area contributed by atoms with Gasteiger partial charge in [-0.05, 0) is 42.8 Å². The summed E-state index contributed by atoms with van der Waals surface area (Å²) in [6.07, 6.45) is 5.21. The predicted octanol–water partition coefficient (Wildman–Crippen LogP) is 1.59. The second kappa shape index (κ2) is 9.92. The molecule has 0 unspecified atom stereocenters. The fraction of sp³-hybridized carbons (Fsp3) is 0.348. The molecule has 1 amide bonds. The number of sulfonamides is 1. The standard InChI is InChI=1S/C23H28N6O4S/c1-17-24-8-9-29(17)22-14-18(6-7-25-22)16-26-23(30)20-15-19(34(31,32)27(2)3)4-5-21(20)28-10-12-33-13-11-28/h4-9,14-15H,10-13,16H2,1-3H3,(H,26,30). The number of aryl methyl sites for hydroxylation is 1. The van der Waals surface area contributed by atoms with Gasteiger partial charge in [-0.15, -0.1) is 0 Å². The van der Waals surface area contributed by atoms with Crippen molar-refractivity contribution >= 4 is 21.6 Å². The first-order chi connectivity index (χ1) is 16.3. The van der Waals surface area contributed by atoms with Gasteiger partial charge in [0.1, 0.15) is 11.6 Å². The minimum atomic E-state index is -3.69. The van der Waals surface area contributed by atoms with Crippen LogP contribution in [0.5, 0.6) is 0 Å². The molecule has 1 aromatic carbocycles. The topological polar surface area (TPSA) is 110 Å². The number of rotatable bonds is 7. The lowest BCUT2D eigenvalue weighted by Gasteiger charge is -2.30. The monoisotopic (exact) mass is 484 g/mol. The normalized spacial score (nSPS) is 14.4. The molecule has 0 saturated carbocycles. The first-order valence-electron chi connectivity index (χ1n) is 10.9. The number of morpholine rings is 1. The summed E-state index contributed by atoms with van der Waals surface area (Å²) in [7, 11) is -0.757. The average Bonchev–Trinajstić information content (AvgIpc) is 3.28. The van der Waals surface area contributed by atoms with Gasteiger partial charge in [0.2, 0.25) is 10.0 Å². The molecule has 4 rings (SSSR count). The summed E-state index contributed by atoms with van der Waals surface area (Å²) in [6, 6.07) is 8.39. The second-order valence-electron chi connectivity index (χ2n) is 8.12. The summed E-state index contributed by atoms with van der Waals surface area (Å²) in [6.45, 7) is 4.49. The van der Waals surface area contributed by atoms with Gasteiger partial charge in [-0.25, -0.2) is 22.7 Å². The van der Waals surface area contributed by atoms with Crippen molar-refractivity contribution in [1.29, 1.82) is 0 Å². The van der Waals surface area contributed by atoms with Gasteiger partial charge in [0.25, 0.3) is 5.91 Å². The molecule has 1 aliphatic rings. The number of carbonyl (C=O) groups is 1. The highest BCUT2D eigenvalue weighted by Gasteiger charge is 2.24. The van der Waals surface area contributed by atoms with Crippen LogP contribution in [0, 0.1) is 6.92 Å².